The van der Waals surface area contributed by atoms with Crippen molar-refractivity contribution in [2.45, 2.75) is 6.42 Å². The molecule has 0 saturated heterocycles. The molecule has 0 atom stereocenters. The molecule has 2 heterocycles. The number of rotatable bonds is 4. The Labute approximate surface area is 106 Å². The van der Waals surface area contributed by atoms with E-state index >= 15 is 0 Å². The Balaban J connectivity index is 1.93. The van der Waals surface area contributed by atoms with Crippen LogP contribution < -0.4 is 0 Å². The van der Waals surface area contributed by atoms with Gasteiger partial charge in [-0.25, -0.2) is 0 Å². The van der Waals surface area contributed by atoms with E-state index in [1.54, 1.807) is 48.9 Å². The van der Waals surface area contributed by atoms with Crippen molar-refractivity contribution in [3.8, 4) is 0 Å². The molecule has 0 saturated carbocycles. The third kappa shape index (κ3) is 3.13. The lowest BCUT2D eigenvalue weighted by Gasteiger charge is -2.16. The monoisotopic (exact) mass is 241 g/mol. The standard InChI is InChI=1S/C14H15N3O/c1-17(10-6-12-4-8-15-9-5-12)14(18)13-3-2-7-16-11-13/h2-5,7-9,11H,6,10H2,1H3. The number of likely N-dealkylation sites (N-methyl/N-ethyl adjacent to an activating group) is 1. The Morgan fingerprint density at radius 1 is 1.17 bits per heavy atom. The fourth-order valence-electron chi connectivity index (χ4n) is 1.66. The first-order valence-corrected chi connectivity index (χ1v) is 5.82. The van der Waals surface area contributed by atoms with Crippen molar-refractivity contribution < 1.29 is 4.79 Å². The van der Waals surface area contributed by atoms with Gasteiger partial charge in [0.25, 0.3) is 5.91 Å². The van der Waals surface area contributed by atoms with Crippen molar-refractivity contribution in [2.75, 3.05) is 13.6 Å². The van der Waals surface area contributed by atoms with Crippen LogP contribution >= 0.6 is 0 Å². The van der Waals surface area contributed by atoms with Crippen LogP contribution in [0.15, 0.2) is 49.1 Å². The first-order valence-electron chi connectivity index (χ1n) is 5.82. The highest BCUT2D eigenvalue weighted by Crippen LogP contribution is 2.04. The molecule has 18 heavy (non-hydrogen) atoms. The number of carbonyl (C=O) groups is 1. The molecule has 2 aromatic rings. The van der Waals surface area contributed by atoms with Crippen molar-refractivity contribution in [3.63, 3.8) is 0 Å². The lowest BCUT2D eigenvalue weighted by atomic mass is 10.2. The van der Waals surface area contributed by atoms with Gasteiger partial charge in [-0.05, 0) is 36.2 Å². The molecule has 0 unspecified atom stereocenters. The summed E-state index contributed by atoms with van der Waals surface area (Å²) in [4.78, 5) is 21.7. The van der Waals surface area contributed by atoms with Gasteiger partial charge in [0.1, 0.15) is 0 Å². The molecule has 92 valence electrons. The maximum Gasteiger partial charge on any atom is 0.255 e. The average Bonchev–Trinajstić information content (AvgIpc) is 2.46. The summed E-state index contributed by atoms with van der Waals surface area (Å²) in [5, 5.41) is 0. The minimum Gasteiger partial charge on any atom is -0.341 e. The third-order valence-corrected chi connectivity index (χ3v) is 2.74. The van der Waals surface area contributed by atoms with Crippen LogP contribution in [-0.2, 0) is 6.42 Å². The van der Waals surface area contributed by atoms with Gasteiger partial charge in [-0.3, -0.25) is 14.8 Å². The van der Waals surface area contributed by atoms with Crippen molar-refractivity contribution >= 4 is 5.91 Å². The molecule has 4 heteroatoms. The maximum absolute atomic E-state index is 12.0. The summed E-state index contributed by atoms with van der Waals surface area (Å²) >= 11 is 0. The lowest BCUT2D eigenvalue weighted by molar-refractivity contribution is 0.0796. The molecule has 0 spiro atoms. The summed E-state index contributed by atoms with van der Waals surface area (Å²) in [5.41, 5.74) is 1.80. The molecular formula is C14H15N3O. The van der Waals surface area contributed by atoms with Crippen LogP contribution in [-0.4, -0.2) is 34.4 Å². The van der Waals surface area contributed by atoms with Crippen LogP contribution in [0.1, 0.15) is 15.9 Å². The molecule has 0 N–H and O–H groups in total. The summed E-state index contributed by atoms with van der Waals surface area (Å²) < 4.78 is 0. The number of aromatic nitrogens is 2. The fraction of sp³-hybridized carbons (Fsp3) is 0.214. The highest BCUT2D eigenvalue weighted by molar-refractivity contribution is 5.93. The second kappa shape index (κ2) is 5.91. The number of nitrogens with zero attached hydrogens (tertiary/aromatic N) is 3. The molecular weight excluding hydrogens is 226 g/mol. The van der Waals surface area contributed by atoms with E-state index in [1.165, 1.54) is 5.56 Å². The normalized spacial score (nSPS) is 10.1. The second-order valence-corrected chi connectivity index (χ2v) is 4.07. The topological polar surface area (TPSA) is 46.1 Å². The predicted molar refractivity (Wildman–Crippen MR) is 69.1 cm³/mol. The number of amides is 1. The molecule has 0 aliphatic carbocycles. The van der Waals surface area contributed by atoms with E-state index in [9.17, 15) is 4.79 Å². The first kappa shape index (κ1) is 12.2. The van der Waals surface area contributed by atoms with E-state index in [2.05, 4.69) is 9.97 Å². The molecule has 4 nitrogen and oxygen atoms in total. The summed E-state index contributed by atoms with van der Waals surface area (Å²) in [7, 11) is 1.80. The van der Waals surface area contributed by atoms with Gasteiger partial charge in [0.05, 0.1) is 5.56 Å². The van der Waals surface area contributed by atoms with Crippen molar-refractivity contribution in [1.29, 1.82) is 0 Å². The van der Waals surface area contributed by atoms with E-state index in [0.29, 0.717) is 12.1 Å². The molecule has 0 aliphatic heterocycles. The van der Waals surface area contributed by atoms with E-state index in [0.717, 1.165) is 6.42 Å². The zero-order valence-electron chi connectivity index (χ0n) is 10.3. The van der Waals surface area contributed by atoms with Crippen molar-refractivity contribution in [2.24, 2.45) is 0 Å². The maximum atomic E-state index is 12.0. The molecule has 1 amide bonds. The smallest absolute Gasteiger partial charge is 0.255 e. The zero-order valence-corrected chi connectivity index (χ0v) is 10.3. The SMILES string of the molecule is CN(CCc1ccncc1)C(=O)c1cccnc1. The quantitative estimate of drug-likeness (QED) is 0.819. The van der Waals surface area contributed by atoms with Gasteiger partial charge in [0, 0.05) is 38.4 Å². The van der Waals surface area contributed by atoms with Crippen LogP contribution in [0.25, 0.3) is 0 Å². The largest absolute Gasteiger partial charge is 0.341 e. The molecule has 0 bridgehead atoms. The lowest BCUT2D eigenvalue weighted by Crippen LogP contribution is -2.28. The van der Waals surface area contributed by atoms with Crippen molar-refractivity contribution in [1.82, 2.24) is 14.9 Å². The van der Waals surface area contributed by atoms with Gasteiger partial charge in [0.15, 0.2) is 0 Å². The van der Waals surface area contributed by atoms with Crippen LogP contribution in [0.3, 0.4) is 0 Å². The van der Waals surface area contributed by atoms with Gasteiger partial charge in [0.2, 0.25) is 0 Å². The Kier molecular flexibility index (Phi) is 4.02. The highest BCUT2D eigenvalue weighted by atomic mass is 16.2. The van der Waals surface area contributed by atoms with E-state index in [-0.39, 0.29) is 5.91 Å². The Hall–Kier alpha value is -2.23. The fourth-order valence-corrected chi connectivity index (χ4v) is 1.66. The zero-order chi connectivity index (χ0) is 12.8. The van der Waals surface area contributed by atoms with E-state index in [1.807, 2.05) is 12.1 Å². The van der Waals surface area contributed by atoms with Crippen molar-refractivity contribution in [3.05, 3.63) is 60.2 Å². The third-order valence-electron chi connectivity index (χ3n) is 2.74. The summed E-state index contributed by atoms with van der Waals surface area (Å²) in [5.74, 6) is -0.00263. The van der Waals surface area contributed by atoms with Crippen LogP contribution in [0.2, 0.25) is 0 Å². The second-order valence-electron chi connectivity index (χ2n) is 4.07. The molecule has 0 fully saturated rings. The van der Waals surface area contributed by atoms with Crippen LogP contribution in [0, 0.1) is 0 Å². The van der Waals surface area contributed by atoms with E-state index < -0.39 is 0 Å². The van der Waals surface area contributed by atoms with Gasteiger partial charge in [-0.15, -0.1) is 0 Å². The van der Waals surface area contributed by atoms with Crippen LogP contribution in [0.4, 0.5) is 0 Å². The van der Waals surface area contributed by atoms with Gasteiger partial charge >= 0.3 is 0 Å². The Morgan fingerprint density at radius 3 is 2.61 bits per heavy atom. The average molecular weight is 241 g/mol. The molecule has 0 aliphatic rings. The Morgan fingerprint density at radius 2 is 1.94 bits per heavy atom. The minimum atomic E-state index is -0.00263. The number of hydrogen-bond donors (Lipinski definition) is 0. The minimum absolute atomic E-state index is 0.00263. The summed E-state index contributed by atoms with van der Waals surface area (Å²) in [6.07, 6.45) is 7.60. The van der Waals surface area contributed by atoms with Gasteiger partial charge in [-0.1, -0.05) is 0 Å². The number of carbonyl (C=O) groups excluding carboxylic acids is 1. The number of hydrogen-bond acceptors (Lipinski definition) is 3. The molecule has 2 aromatic heterocycles. The highest BCUT2D eigenvalue weighted by Gasteiger charge is 2.10. The van der Waals surface area contributed by atoms with Crippen LogP contribution in [0.5, 0.6) is 0 Å². The van der Waals surface area contributed by atoms with Gasteiger partial charge < -0.3 is 4.90 Å². The first-order chi connectivity index (χ1) is 8.77. The Bertz CT molecular complexity index is 499. The van der Waals surface area contributed by atoms with Gasteiger partial charge in [-0.2, -0.15) is 0 Å². The molecule has 0 radical (unpaired) electrons. The number of pyridine rings is 2. The summed E-state index contributed by atoms with van der Waals surface area (Å²) in [6.45, 7) is 0.678. The molecule has 0 aromatic carbocycles. The summed E-state index contributed by atoms with van der Waals surface area (Å²) in [6, 6.07) is 7.47. The predicted octanol–water partition coefficient (Wildman–Crippen LogP) is 1.79. The van der Waals surface area contributed by atoms with E-state index in [4.69, 9.17) is 0 Å². The molecule has 2 rings (SSSR count).